The highest BCUT2D eigenvalue weighted by Crippen LogP contribution is 2.15. The van der Waals surface area contributed by atoms with Crippen molar-refractivity contribution in [3.05, 3.63) is 36.4 Å². The van der Waals surface area contributed by atoms with Gasteiger partial charge in [0.05, 0.1) is 6.54 Å². The van der Waals surface area contributed by atoms with Gasteiger partial charge in [-0.2, -0.15) is 0 Å². The Morgan fingerprint density at radius 3 is 2.53 bits per heavy atom. The van der Waals surface area contributed by atoms with Crippen molar-refractivity contribution in [2.75, 3.05) is 13.2 Å². The van der Waals surface area contributed by atoms with Crippen molar-refractivity contribution in [1.82, 2.24) is 5.32 Å². The summed E-state index contributed by atoms with van der Waals surface area (Å²) in [5, 5.41) is 11.5. The van der Waals surface area contributed by atoms with Crippen LogP contribution in [-0.4, -0.2) is 30.3 Å². The summed E-state index contributed by atoms with van der Waals surface area (Å²) in [6, 6.07) is 5.71. The maximum atomic E-state index is 11.3. The Bertz CT molecular complexity index is 466. The van der Waals surface area contributed by atoms with Crippen LogP contribution < -0.4 is 10.1 Å². The first-order chi connectivity index (χ1) is 8.99. The second-order valence-corrected chi connectivity index (χ2v) is 3.73. The van der Waals surface area contributed by atoms with Crippen molar-refractivity contribution in [3.8, 4) is 11.5 Å². The Morgan fingerprint density at radius 2 is 1.95 bits per heavy atom. The molecule has 6 nitrogen and oxygen atoms in total. The van der Waals surface area contributed by atoms with Crippen molar-refractivity contribution < 1.29 is 24.2 Å². The Kier molecular flexibility index (Phi) is 5.40. The van der Waals surface area contributed by atoms with Gasteiger partial charge in [-0.3, -0.25) is 0 Å². The van der Waals surface area contributed by atoms with Crippen molar-refractivity contribution >= 4 is 12.1 Å². The fourth-order valence-electron chi connectivity index (χ4n) is 1.08. The molecule has 0 aliphatic carbocycles. The lowest BCUT2D eigenvalue weighted by Gasteiger charge is -2.07. The molecule has 0 aliphatic heterocycles. The molecule has 6 heteroatoms. The second kappa shape index (κ2) is 7.05. The molecule has 1 aromatic carbocycles. The molecule has 1 aromatic rings. The van der Waals surface area contributed by atoms with E-state index in [2.05, 4.69) is 11.9 Å². The molecule has 1 amide bonds. The van der Waals surface area contributed by atoms with Crippen LogP contribution in [0, 0.1) is 0 Å². The lowest BCUT2D eigenvalue weighted by atomic mass is 10.3. The molecule has 19 heavy (non-hydrogen) atoms. The largest absolute Gasteiger partial charge is 0.508 e. The SMILES string of the molecule is C=C(C)C(=O)OCCNC(=O)Oc1ccc(O)cc1. The van der Waals surface area contributed by atoms with E-state index in [0.717, 1.165) is 0 Å². The molecule has 0 saturated carbocycles. The Morgan fingerprint density at radius 1 is 1.32 bits per heavy atom. The first-order valence-corrected chi connectivity index (χ1v) is 5.56. The van der Waals surface area contributed by atoms with Gasteiger partial charge >= 0.3 is 12.1 Å². The van der Waals surface area contributed by atoms with Gasteiger partial charge < -0.3 is 19.9 Å². The highest BCUT2D eigenvalue weighted by atomic mass is 16.6. The molecule has 0 atom stereocenters. The summed E-state index contributed by atoms with van der Waals surface area (Å²) in [6.07, 6.45) is -0.669. The van der Waals surface area contributed by atoms with Crippen LogP contribution in [0.15, 0.2) is 36.4 Å². The van der Waals surface area contributed by atoms with Gasteiger partial charge in [-0.25, -0.2) is 9.59 Å². The molecule has 0 aromatic heterocycles. The molecule has 0 radical (unpaired) electrons. The number of benzene rings is 1. The molecule has 0 aliphatic rings. The highest BCUT2D eigenvalue weighted by molar-refractivity contribution is 5.86. The van der Waals surface area contributed by atoms with Gasteiger partial charge in [0.2, 0.25) is 0 Å². The van der Waals surface area contributed by atoms with E-state index < -0.39 is 12.1 Å². The predicted octanol–water partition coefficient (Wildman–Crippen LogP) is 1.60. The number of amides is 1. The van der Waals surface area contributed by atoms with Crippen molar-refractivity contribution in [2.24, 2.45) is 0 Å². The zero-order valence-corrected chi connectivity index (χ0v) is 10.5. The summed E-state index contributed by atoms with van der Waals surface area (Å²) < 4.78 is 9.68. The summed E-state index contributed by atoms with van der Waals surface area (Å²) >= 11 is 0. The number of nitrogens with one attached hydrogen (secondary N) is 1. The summed E-state index contributed by atoms with van der Waals surface area (Å²) in [7, 11) is 0. The van der Waals surface area contributed by atoms with E-state index in [4.69, 9.17) is 14.6 Å². The Labute approximate surface area is 110 Å². The van der Waals surface area contributed by atoms with Gasteiger partial charge in [-0.1, -0.05) is 6.58 Å². The third-order valence-corrected chi connectivity index (χ3v) is 2.00. The number of phenolic OH excluding ortho intramolecular Hbond substituents is 1. The fraction of sp³-hybridized carbons (Fsp3) is 0.231. The molecule has 0 unspecified atom stereocenters. The van der Waals surface area contributed by atoms with Gasteiger partial charge in [0.1, 0.15) is 18.1 Å². The molecular formula is C13H15NO5. The third-order valence-electron chi connectivity index (χ3n) is 2.00. The second-order valence-electron chi connectivity index (χ2n) is 3.73. The first-order valence-electron chi connectivity index (χ1n) is 5.56. The van der Waals surface area contributed by atoms with Crippen LogP contribution in [-0.2, 0) is 9.53 Å². The Balaban J connectivity index is 2.23. The van der Waals surface area contributed by atoms with Crippen LogP contribution >= 0.6 is 0 Å². The maximum absolute atomic E-state index is 11.3. The minimum absolute atomic E-state index is 0.0381. The summed E-state index contributed by atoms with van der Waals surface area (Å²) in [6.45, 7) is 5.13. The number of hydrogen-bond acceptors (Lipinski definition) is 5. The number of ether oxygens (including phenoxy) is 2. The number of rotatable bonds is 5. The predicted molar refractivity (Wildman–Crippen MR) is 67.9 cm³/mol. The fourth-order valence-corrected chi connectivity index (χ4v) is 1.08. The van der Waals surface area contributed by atoms with E-state index in [1.54, 1.807) is 0 Å². The van der Waals surface area contributed by atoms with Gasteiger partial charge in [0.15, 0.2) is 0 Å². The zero-order chi connectivity index (χ0) is 14.3. The summed E-state index contributed by atoms with van der Waals surface area (Å²) in [5.41, 5.74) is 0.298. The number of phenols is 1. The first kappa shape index (κ1) is 14.6. The number of carbonyl (C=O) groups is 2. The normalized spacial score (nSPS) is 9.53. The number of esters is 1. The number of hydrogen-bond donors (Lipinski definition) is 2. The van der Waals surface area contributed by atoms with E-state index >= 15 is 0 Å². The Hall–Kier alpha value is -2.50. The monoisotopic (exact) mass is 265 g/mol. The number of carbonyl (C=O) groups excluding carboxylic acids is 2. The van der Waals surface area contributed by atoms with Crippen LogP contribution in [0.2, 0.25) is 0 Å². The lowest BCUT2D eigenvalue weighted by molar-refractivity contribution is -0.138. The van der Waals surface area contributed by atoms with Gasteiger partial charge in [0.25, 0.3) is 0 Å². The average molecular weight is 265 g/mol. The molecule has 1 rings (SSSR count). The van der Waals surface area contributed by atoms with Crippen LogP contribution in [0.4, 0.5) is 4.79 Å². The van der Waals surface area contributed by atoms with Gasteiger partial charge in [0, 0.05) is 5.57 Å². The standard InChI is InChI=1S/C13H15NO5/c1-9(2)12(16)18-8-7-14-13(17)19-11-5-3-10(15)4-6-11/h3-6,15H,1,7-8H2,2H3,(H,14,17). The van der Waals surface area contributed by atoms with Crippen molar-refractivity contribution in [3.63, 3.8) is 0 Å². The van der Waals surface area contributed by atoms with E-state index in [-0.39, 0.29) is 18.9 Å². The molecule has 0 bridgehead atoms. The van der Waals surface area contributed by atoms with Crippen LogP contribution in [0.3, 0.4) is 0 Å². The van der Waals surface area contributed by atoms with Crippen molar-refractivity contribution in [2.45, 2.75) is 6.92 Å². The highest BCUT2D eigenvalue weighted by Gasteiger charge is 2.05. The van der Waals surface area contributed by atoms with E-state index in [9.17, 15) is 9.59 Å². The van der Waals surface area contributed by atoms with Gasteiger partial charge in [-0.05, 0) is 31.2 Å². The zero-order valence-electron chi connectivity index (χ0n) is 10.5. The molecule has 0 saturated heterocycles. The average Bonchev–Trinajstić information content (AvgIpc) is 2.37. The third kappa shape index (κ3) is 5.58. The summed E-state index contributed by atoms with van der Waals surface area (Å²) in [5.74, 6) is -0.123. The molecule has 0 fully saturated rings. The molecule has 2 N–H and O–H groups in total. The van der Waals surface area contributed by atoms with Crippen LogP contribution in [0.5, 0.6) is 11.5 Å². The topological polar surface area (TPSA) is 84.9 Å². The van der Waals surface area contributed by atoms with Crippen LogP contribution in [0.25, 0.3) is 0 Å². The smallest absolute Gasteiger partial charge is 0.412 e. The van der Waals surface area contributed by atoms with E-state index in [1.807, 2.05) is 0 Å². The molecule has 0 heterocycles. The minimum atomic E-state index is -0.669. The molecular weight excluding hydrogens is 250 g/mol. The number of aromatic hydroxyl groups is 1. The molecule has 102 valence electrons. The van der Waals surface area contributed by atoms with E-state index in [1.165, 1.54) is 31.2 Å². The quantitative estimate of drug-likeness (QED) is 0.480. The van der Waals surface area contributed by atoms with E-state index in [0.29, 0.717) is 11.3 Å². The maximum Gasteiger partial charge on any atom is 0.412 e. The minimum Gasteiger partial charge on any atom is -0.508 e. The summed E-state index contributed by atoms with van der Waals surface area (Å²) in [4.78, 5) is 22.3. The van der Waals surface area contributed by atoms with Gasteiger partial charge in [-0.15, -0.1) is 0 Å². The van der Waals surface area contributed by atoms with Crippen LogP contribution in [0.1, 0.15) is 6.92 Å². The molecule has 0 spiro atoms. The van der Waals surface area contributed by atoms with Crippen molar-refractivity contribution in [1.29, 1.82) is 0 Å². The lowest BCUT2D eigenvalue weighted by Crippen LogP contribution is -2.30.